The summed E-state index contributed by atoms with van der Waals surface area (Å²) in [5.74, 6) is 0. The molecule has 2 atom stereocenters. The van der Waals surface area contributed by atoms with Crippen molar-refractivity contribution in [2.75, 3.05) is 19.6 Å². The Hall–Kier alpha value is -1.07. The maximum atomic E-state index is 12.5. The van der Waals surface area contributed by atoms with Crippen LogP contribution in [0.15, 0.2) is 30.3 Å². The fourth-order valence-electron chi connectivity index (χ4n) is 2.75. The third-order valence-electron chi connectivity index (χ3n) is 3.76. The van der Waals surface area contributed by atoms with E-state index >= 15 is 0 Å². The molecule has 20 heavy (non-hydrogen) atoms. The number of hydrogen-bond donors (Lipinski definition) is 1. The van der Waals surface area contributed by atoms with Crippen LogP contribution in [0.2, 0.25) is 0 Å². The lowest BCUT2D eigenvalue weighted by atomic mass is 10.0. The summed E-state index contributed by atoms with van der Waals surface area (Å²) in [5, 5.41) is 3.39. The highest BCUT2D eigenvalue weighted by Crippen LogP contribution is 2.24. The summed E-state index contributed by atoms with van der Waals surface area (Å²) in [7, 11) is 0. The van der Waals surface area contributed by atoms with Crippen molar-refractivity contribution in [1.29, 1.82) is 0 Å². The molecular weight excluding hydrogens is 265 g/mol. The number of nitrogens with one attached hydrogen (secondary N) is 1. The van der Waals surface area contributed by atoms with E-state index in [1.54, 1.807) is 6.92 Å². The molecule has 1 heterocycles. The molecule has 0 amide bonds. The Balaban J connectivity index is 1.88. The van der Waals surface area contributed by atoms with Crippen molar-refractivity contribution in [3.05, 3.63) is 35.9 Å². The third-order valence-corrected chi connectivity index (χ3v) is 3.76. The van der Waals surface area contributed by atoms with E-state index in [0.717, 1.165) is 13.0 Å². The average Bonchev–Trinajstić information content (AvgIpc) is 2.38. The Morgan fingerprint density at radius 1 is 1.30 bits per heavy atom. The fraction of sp³-hybridized carbons (Fsp3) is 0.600. The molecule has 0 aromatic heterocycles. The van der Waals surface area contributed by atoms with E-state index in [1.807, 2.05) is 23.1 Å². The lowest BCUT2D eigenvalue weighted by molar-refractivity contribution is -0.147. The topological polar surface area (TPSA) is 15.3 Å². The summed E-state index contributed by atoms with van der Waals surface area (Å²) in [6.45, 7) is 3.77. The molecule has 1 fully saturated rings. The van der Waals surface area contributed by atoms with E-state index < -0.39 is 18.6 Å². The molecule has 2 unspecified atom stereocenters. The van der Waals surface area contributed by atoms with Gasteiger partial charge in [0.05, 0.1) is 6.42 Å². The van der Waals surface area contributed by atoms with Gasteiger partial charge in [0.2, 0.25) is 0 Å². The first-order valence-electron chi connectivity index (χ1n) is 7.02. The summed E-state index contributed by atoms with van der Waals surface area (Å²) in [6.07, 6.45) is -3.96. The SMILES string of the molecule is CC(CC(F)(F)F)N1CCNC(Cc2ccccc2)C1. The number of piperazine rings is 1. The fourth-order valence-corrected chi connectivity index (χ4v) is 2.75. The van der Waals surface area contributed by atoms with Crippen molar-refractivity contribution in [2.45, 2.75) is 38.0 Å². The van der Waals surface area contributed by atoms with Crippen molar-refractivity contribution in [3.8, 4) is 0 Å². The van der Waals surface area contributed by atoms with Crippen LogP contribution in [-0.2, 0) is 6.42 Å². The average molecular weight is 286 g/mol. The number of nitrogens with zero attached hydrogens (tertiary/aromatic N) is 1. The summed E-state index contributed by atoms with van der Waals surface area (Å²) in [4.78, 5) is 1.94. The largest absolute Gasteiger partial charge is 0.390 e. The van der Waals surface area contributed by atoms with Gasteiger partial charge < -0.3 is 5.32 Å². The molecular formula is C15H21F3N2. The minimum absolute atomic E-state index is 0.224. The monoisotopic (exact) mass is 286 g/mol. The smallest absolute Gasteiger partial charge is 0.311 e. The van der Waals surface area contributed by atoms with E-state index in [0.29, 0.717) is 13.1 Å². The summed E-state index contributed by atoms with van der Waals surface area (Å²) < 4.78 is 37.4. The van der Waals surface area contributed by atoms with E-state index in [-0.39, 0.29) is 6.04 Å². The molecule has 1 aliphatic rings. The van der Waals surface area contributed by atoms with E-state index in [4.69, 9.17) is 0 Å². The van der Waals surface area contributed by atoms with Gasteiger partial charge in [-0.1, -0.05) is 30.3 Å². The molecule has 0 spiro atoms. The molecule has 0 radical (unpaired) electrons. The zero-order chi connectivity index (χ0) is 14.6. The molecule has 112 valence electrons. The second-order valence-corrected chi connectivity index (χ2v) is 5.50. The molecule has 1 saturated heterocycles. The van der Waals surface area contributed by atoms with Crippen LogP contribution >= 0.6 is 0 Å². The molecule has 1 aliphatic heterocycles. The van der Waals surface area contributed by atoms with Crippen molar-refractivity contribution in [1.82, 2.24) is 10.2 Å². The van der Waals surface area contributed by atoms with Gasteiger partial charge in [-0.05, 0) is 18.9 Å². The predicted molar refractivity (Wildman–Crippen MR) is 73.6 cm³/mol. The Labute approximate surface area is 118 Å². The van der Waals surface area contributed by atoms with Gasteiger partial charge in [-0.2, -0.15) is 13.2 Å². The number of alkyl halides is 3. The second kappa shape index (κ2) is 6.59. The highest BCUT2D eigenvalue weighted by atomic mass is 19.4. The van der Waals surface area contributed by atoms with Crippen LogP contribution in [0.4, 0.5) is 13.2 Å². The van der Waals surface area contributed by atoms with E-state index in [1.165, 1.54) is 5.56 Å². The Bertz CT molecular complexity index is 405. The van der Waals surface area contributed by atoms with Gasteiger partial charge in [0.25, 0.3) is 0 Å². The molecule has 0 bridgehead atoms. The van der Waals surface area contributed by atoms with Crippen LogP contribution < -0.4 is 5.32 Å². The number of rotatable bonds is 4. The minimum atomic E-state index is -4.08. The van der Waals surface area contributed by atoms with E-state index in [9.17, 15) is 13.2 Å². The standard InChI is InChI=1S/C15H21F3N2/c1-12(10-15(16,17)18)20-8-7-19-14(11-20)9-13-5-3-2-4-6-13/h2-6,12,14,19H,7-11H2,1H3. The van der Waals surface area contributed by atoms with Gasteiger partial charge in [0.1, 0.15) is 0 Å². The van der Waals surface area contributed by atoms with Gasteiger partial charge >= 0.3 is 6.18 Å². The lowest BCUT2D eigenvalue weighted by Gasteiger charge is -2.38. The van der Waals surface area contributed by atoms with Crippen LogP contribution in [0.5, 0.6) is 0 Å². The van der Waals surface area contributed by atoms with E-state index in [2.05, 4.69) is 17.4 Å². The summed E-state index contributed by atoms with van der Waals surface area (Å²) >= 11 is 0. The quantitative estimate of drug-likeness (QED) is 0.915. The first-order chi connectivity index (χ1) is 9.44. The van der Waals surface area contributed by atoms with Crippen LogP contribution in [0.3, 0.4) is 0 Å². The molecule has 5 heteroatoms. The predicted octanol–water partition coefficient (Wildman–Crippen LogP) is 2.84. The Morgan fingerprint density at radius 2 is 2.00 bits per heavy atom. The summed E-state index contributed by atoms with van der Waals surface area (Å²) in [6, 6.07) is 9.83. The van der Waals surface area contributed by atoms with Crippen LogP contribution in [0.25, 0.3) is 0 Å². The second-order valence-electron chi connectivity index (χ2n) is 5.50. The maximum Gasteiger partial charge on any atom is 0.390 e. The highest BCUT2D eigenvalue weighted by Gasteiger charge is 2.33. The van der Waals surface area contributed by atoms with Crippen molar-refractivity contribution >= 4 is 0 Å². The highest BCUT2D eigenvalue weighted by molar-refractivity contribution is 5.16. The summed E-state index contributed by atoms with van der Waals surface area (Å²) in [5.41, 5.74) is 1.22. The van der Waals surface area contributed by atoms with Gasteiger partial charge in [0, 0.05) is 31.7 Å². The zero-order valence-corrected chi connectivity index (χ0v) is 11.7. The van der Waals surface area contributed by atoms with Gasteiger partial charge in [-0.25, -0.2) is 0 Å². The Kier molecular flexibility index (Phi) is 5.05. The molecule has 0 aliphatic carbocycles. The van der Waals surface area contributed by atoms with Crippen LogP contribution in [0, 0.1) is 0 Å². The number of halogens is 3. The maximum absolute atomic E-state index is 12.5. The van der Waals surface area contributed by atoms with Gasteiger partial charge in [0.15, 0.2) is 0 Å². The third kappa shape index (κ3) is 4.80. The Morgan fingerprint density at radius 3 is 2.65 bits per heavy atom. The van der Waals surface area contributed by atoms with Gasteiger partial charge in [-0.3, -0.25) is 4.90 Å². The van der Waals surface area contributed by atoms with Crippen LogP contribution in [-0.4, -0.2) is 42.8 Å². The van der Waals surface area contributed by atoms with Crippen molar-refractivity contribution in [3.63, 3.8) is 0 Å². The molecule has 1 N–H and O–H groups in total. The first kappa shape index (κ1) is 15.3. The number of benzene rings is 1. The zero-order valence-electron chi connectivity index (χ0n) is 11.7. The van der Waals surface area contributed by atoms with Crippen LogP contribution in [0.1, 0.15) is 18.9 Å². The molecule has 2 nitrogen and oxygen atoms in total. The van der Waals surface area contributed by atoms with Gasteiger partial charge in [-0.15, -0.1) is 0 Å². The lowest BCUT2D eigenvalue weighted by Crippen LogP contribution is -2.54. The molecule has 2 rings (SSSR count). The van der Waals surface area contributed by atoms with Crippen molar-refractivity contribution in [2.24, 2.45) is 0 Å². The minimum Gasteiger partial charge on any atom is -0.311 e. The molecule has 0 saturated carbocycles. The van der Waals surface area contributed by atoms with Crippen molar-refractivity contribution < 1.29 is 13.2 Å². The molecule has 1 aromatic carbocycles. The number of hydrogen-bond acceptors (Lipinski definition) is 2. The first-order valence-corrected chi connectivity index (χ1v) is 7.02. The molecule has 1 aromatic rings. The normalized spacial score (nSPS) is 22.7.